The van der Waals surface area contributed by atoms with Crippen LogP contribution in [0.25, 0.3) is 5.57 Å². The van der Waals surface area contributed by atoms with E-state index in [2.05, 4.69) is 22.1 Å². The largest absolute Gasteiger partial charge is 0.494 e. The van der Waals surface area contributed by atoms with Crippen molar-refractivity contribution >= 4 is 17.2 Å². The first-order valence-corrected chi connectivity index (χ1v) is 9.23. The standard InChI is InChI=1S/C20H24N2O2/c23-19-15-16(18(22-19)14-11-7-3-4-8-12-14)20(24)21-17(15)13-9-5-1-2-6-10-13/h9,11,21,24H,1-8,10,12H2. The Morgan fingerprint density at radius 1 is 0.875 bits per heavy atom. The first kappa shape index (κ1) is 15.4. The molecule has 3 aliphatic rings. The quantitative estimate of drug-likeness (QED) is 0.812. The molecule has 1 aromatic heterocycles. The number of allylic oxidation sites excluding steroid dienone is 4. The summed E-state index contributed by atoms with van der Waals surface area (Å²) in [5, 5.41) is 10.5. The number of hydrogen-bond donors (Lipinski definition) is 2. The number of carbonyl (C=O) groups excluding carboxylic acids is 1. The van der Waals surface area contributed by atoms with Gasteiger partial charge in [0.05, 0.1) is 22.5 Å². The number of fused-ring (bicyclic) bond motifs is 1. The van der Waals surface area contributed by atoms with Crippen LogP contribution in [0.3, 0.4) is 0 Å². The fourth-order valence-corrected chi connectivity index (χ4v) is 4.09. The maximum atomic E-state index is 12.6. The molecule has 0 atom stereocenters. The van der Waals surface area contributed by atoms with E-state index in [1.54, 1.807) is 0 Å². The van der Waals surface area contributed by atoms with Crippen molar-refractivity contribution in [3.63, 3.8) is 0 Å². The van der Waals surface area contributed by atoms with E-state index in [9.17, 15) is 9.90 Å². The molecule has 1 aliphatic heterocycles. The number of aliphatic imine (C=N–C) groups is 1. The van der Waals surface area contributed by atoms with Gasteiger partial charge in [-0.1, -0.05) is 25.0 Å². The summed E-state index contributed by atoms with van der Waals surface area (Å²) in [5.41, 5.74) is 4.99. The van der Waals surface area contributed by atoms with Gasteiger partial charge in [-0.3, -0.25) is 4.79 Å². The second-order valence-corrected chi connectivity index (χ2v) is 7.02. The molecule has 2 N–H and O–H groups in total. The molecule has 0 aromatic carbocycles. The molecule has 0 saturated heterocycles. The van der Waals surface area contributed by atoms with E-state index >= 15 is 0 Å². The summed E-state index contributed by atoms with van der Waals surface area (Å²) in [6.45, 7) is 0. The van der Waals surface area contributed by atoms with Crippen molar-refractivity contribution in [3.05, 3.63) is 34.5 Å². The monoisotopic (exact) mass is 324 g/mol. The number of carbonyl (C=O) groups is 1. The van der Waals surface area contributed by atoms with Crippen molar-refractivity contribution in [2.24, 2.45) is 4.99 Å². The predicted molar refractivity (Wildman–Crippen MR) is 95.6 cm³/mol. The molecule has 126 valence electrons. The highest BCUT2D eigenvalue weighted by molar-refractivity contribution is 6.29. The van der Waals surface area contributed by atoms with Gasteiger partial charge in [0.1, 0.15) is 0 Å². The van der Waals surface area contributed by atoms with Gasteiger partial charge in [-0.15, -0.1) is 0 Å². The summed E-state index contributed by atoms with van der Waals surface area (Å²) < 4.78 is 0. The third kappa shape index (κ3) is 2.64. The average Bonchev–Trinajstić information content (AvgIpc) is 2.88. The number of H-pyrrole nitrogens is 1. The number of rotatable bonds is 2. The number of amides is 1. The van der Waals surface area contributed by atoms with E-state index in [1.807, 2.05) is 0 Å². The Kier molecular flexibility index (Phi) is 4.13. The molecule has 0 radical (unpaired) electrons. The molecular formula is C20H24N2O2. The summed E-state index contributed by atoms with van der Waals surface area (Å²) in [5.74, 6) is -0.110. The minimum absolute atomic E-state index is 0.0971. The molecule has 4 nitrogen and oxygen atoms in total. The van der Waals surface area contributed by atoms with Gasteiger partial charge in [0, 0.05) is 0 Å². The zero-order valence-corrected chi connectivity index (χ0v) is 14.0. The molecule has 0 saturated carbocycles. The number of aromatic nitrogens is 1. The highest BCUT2D eigenvalue weighted by Gasteiger charge is 2.34. The van der Waals surface area contributed by atoms with Crippen molar-refractivity contribution < 1.29 is 9.90 Å². The summed E-state index contributed by atoms with van der Waals surface area (Å²) in [6, 6.07) is 0. The molecule has 0 unspecified atom stereocenters. The van der Waals surface area contributed by atoms with Gasteiger partial charge in [0.2, 0.25) is 0 Å². The summed E-state index contributed by atoms with van der Waals surface area (Å²) in [7, 11) is 0. The zero-order chi connectivity index (χ0) is 16.5. The topological polar surface area (TPSA) is 65.4 Å². The second-order valence-electron chi connectivity index (χ2n) is 7.02. The number of nitrogens with zero attached hydrogens (tertiary/aromatic N) is 1. The van der Waals surface area contributed by atoms with Crippen molar-refractivity contribution in [1.29, 1.82) is 0 Å². The third-order valence-corrected chi connectivity index (χ3v) is 5.35. The Morgan fingerprint density at radius 2 is 1.54 bits per heavy atom. The number of aromatic hydroxyl groups is 1. The minimum atomic E-state index is -0.207. The van der Waals surface area contributed by atoms with E-state index in [0.717, 1.165) is 55.4 Å². The molecule has 24 heavy (non-hydrogen) atoms. The molecule has 4 heteroatoms. The number of hydrogen-bond acceptors (Lipinski definition) is 2. The smallest absolute Gasteiger partial charge is 0.280 e. The molecule has 1 aromatic rings. The summed E-state index contributed by atoms with van der Waals surface area (Å²) in [4.78, 5) is 20.0. The fourth-order valence-electron chi connectivity index (χ4n) is 4.09. The van der Waals surface area contributed by atoms with Crippen LogP contribution in [0.5, 0.6) is 5.88 Å². The number of nitrogens with one attached hydrogen (secondary N) is 1. The lowest BCUT2D eigenvalue weighted by Gasteiger charge is -2.05. The van der Waals surface area contributed by atoms with Gasteiger partial charge in [0.15, 0.2) is 5.88 Å². The molecule has 2 heterocycles. The van der Waals surface area contributed by atoms with E-state index in [-0.39, 0.29) is 11.8 Å². The SMILES string of the molecule is O=C1N=C(C2=CCCCCC2)c2c(O)[nH]c(C3=CCCCCC3)c21. The van der Waals surface area contributed by atoms with Gasteiger partial charge in [-0.25, -0.2) is 4.99 Å². The first-order chi connectivity index (χ1) is 11.8. The Hall–Kier alpha value is -2.10. The molecule has 2 aliphatic carbocycles. The minimum Gasteiger partial charge on any atom is -0.494 e. The van der Waals surface area contributed by atoms with E-state index in [1.165, 1.54) is 25.7 Å². The molecule has 0 bridgehead atoms. The normalized spacial score (nSPS) is 21.5. The van der Waals surface area contributed by atoms with Crippen LogP contribution in [0.2, 0.25) is 0 Å². The highest BCUT2D eigenvalue weighted by Crippen LogP contribution is 2.39. The Morgan fingerprint density at radius 3 is 2.29 bits per heavy atom. The van der Waals surface area contributed by atoms with Gasteiger partial charge in [-0.2, -0.15) is 0 Å². The van der Waals surface area contributed by atoms with Gasteiger partial charge < -0.3 is 10.1 Å². The lowest BCUT2D eigenvalue weighted by Crippen LogP contribution is -2.02. The van der Waals surface area contributed by atoms with Crippen LogP contribution in [-0.4, -0.2) is 21.7 Å². The third-order valence-electron chi connectivity index (χ3n) is 5.35. The van der Waals surface area contributed by atoms with Gasteiger partial charge >= 0.3 is 0 Å². The molecule has 0 fully saturated rings. The summed E-state index contributed by atoms with van der Waals surface area (Å²) in [6.07, 6.45) is 15.5. The van der Waals surface area contributed by atoms with Crippen LogP contribution in [0.15, 0.2) is 22.7 Å². The van der Waals surface area contributed by atoms with Gasteiger partial charge in [0.25, 0.3) is 5.91 Å². The van der Waals surface area contributed by atoms with Crippen LogP contribution in [0, 0.1) is 0 Å². The van der Waals surface area contributed by atoms with Crippen LogP contribution < -0.4 is 0 Å². The van der Waals surface area contributed by atoms with Crippen LogP contribution in [0.1, 0.15) is 85.8 Å². The molecule has 1 amide bonds. The molecular weight excluding hydrogens is 300 g/mol. The molecule has 0 spiro atoms. The maximum Gasteiger partial charge on any atom is 0.280 e. The first-order valence-electron chi connectivity index (χ1n) is 9.23. The Bertz CT molecular complexity index is 765. The fraction of sp³-hybridized carbons (Fsp3) is 0.500. The zero-order valence-electron chi connectivity index (χ0n) is 14.0. The molecule has 4 rings (SSSR count). The van der Waals surface area contributed by atoms with E-state index in [0.29, 0.717) is 16.8 Å². The lowest BCUT2D eigenvalue weighted by atomic mass is 9.96. The van der Waals surface area contributed by atoms with Crippen molar-refractivity contribution in [1.82, 2.24) is 4.98 Å². The van der Waals surface area contributed by atoms with E-state index in [4.69, 9.17) is 0 Å². The lowest BCUT2D eigenvalue weighted by molar-refractivity contribution is 0.101. The summed E-state index contributed by atoms with van der Waals surface area (Å²) >= 11 is 0. The number of aromatic amines is 1. The van der Waals surface area contributed by atoms with Crippen LogP contribution >= 0.6 is 0 Å². The maximum absolute atomic E-state index is 12.6. The van der Waals surface area contributed by atoms with E-state index < -0.39 is 0 Å². The van der Waals surface area contributed by atoms with Crippen molar-refractivity contribution in [2.75, 3.05) is 0 Å². The van der Waals surface area contributed by atoms with Crippen molar-refractivity contribution in [2.45, 2.75) is 64.2 Å². The van der Waals surface area contributed by atoms with Crippen LogP contribution in [-0.2, 0) is 0 Å². The van der Waals surface area contributed by atoms with Crippen LogP contribution in [0.4, 0.5) is 0 Å². The highest BCUT2D eigenvalue weighted by atomic mass is 16.3. The average molecular weight is 324 g/mol. The Balaban J connectivity index is 1.76. The second kappa shape index (κ2) is 6.42. The van der Waals surface area contributed by atoms with Gasteiger partial charge in [-0.05, 0) is 62.5 Å². The Labute approximate surface area is 142 Å². The van der Waals surface area contributed by atoms with Crippen molar-refractivity contribution in [3.8, 4) is 5.88 Å². The predicted octanol–water partition coefficient (Wildman–Crippen LogP) is 4.90.